The molecular formula is C24H25N3O3. The zero-order valence-corrected chi connectivity index (χ0v) is 16.9. The molecule has 0 fully saturated rings. The average Bonchev–Trinajstić information content (AvgIpc) is 2.75. The molecule has 30 heavy (non-hydrogen) atoms. The second-order valence-corrected chi connectivity index (χ2v) is 6.64. The second kappa shape index (κ2) is 8.96. The van der Waals surface area contributed by atoms with Crippen LogP contribution in [0, 0.1) is 0 Å². The molecule has 4 rings (SSSR count). The van der Waals surface area contributed by atoms with E-state index < -0.39 is 0 Å². The van der Waals surface area contributed by atoms with Gasteiger partial charge in [-0.05, 0) is 52.9 Å². The predicted molar refractivity (Wildman–Crippen MR) is 124 cm³/mol. The molecule has 0 amide bonds. The largest absolute Gasteiger partial charge is 0.507 e. The number of phenolic OH excluding ortho intramolecular Hbond substituents is 1. The third-order valence-corrected chi connectivity index (χ3v) is 4.72. The number of benzene rings is 4. The van der Waals surface area contributed by atoms with Crippen LogP contribution >= 0.6 is 0 Å². The zero-order chi connectivity index (χ0) is 21.7. The van der Waals surface area contributed by atoms with E-state index in [-0.39, 0.29) is 5.75 Å². The van der Waals surface area contributed by atoms with Crippen LogP contribution in [-0.4, -0.2) is 19.3 Å². The maximum Gasteiger partial charge on any atom is 0.142 e. The normalized spacial score (nSPS) is 10.2. The van der Waals surface area contributed by atoms with Gasteiger partial charge in [-0.2, -0.15) is 0 Å². The minimum Gasteiger partial charge on any atom is -0.507 e. The number of nitrogens with two attached hydrogens (primary N) is 3. The molecule has 0 bridgehead atoms. The second-order valence-electron chi connectivity index (χ2n) is 6.64. The number of phenols is 1. The molecule has 4 aromatic rings. The van der Waals surface area contributed by atoms with Crippen molar-refractivity contribution in [2.75, 3.05) is 31.4 Å². The van der Waals surface area contributed by atoms with Crippen LogP contribution in [0.3, 0.4) is 0 Å². The lowest BCUT2D eigenvalue weighted by molar-refractivity contribution is 0.416. The molecule has 4 aromatic carbocycles. The van der Waals surface area contributed by atoms with E-state index in [4.69, 9.17) is 26.7 Å². The third kappa shape index (κ3) is 4.33. The van der Waals surface area contributed by atoms with E-state index in [1.165, 1.54) is 0 Å². The SMILES string of the molecule is COc1cc(-c2ccc(N)c(OC)c2)ccc1N.Nc1cccc2cccc(O)c12. The van der Waals surface area contributed by atoms with Crippen molar-refractivity contribution < 1.29 is 14.6 Å². The Kier molecular flexibility index (Phi) is 6.17. The summed E-state index contributed by atoms with van der Waals surface area (Å²) in [6.45, 7) is 0. The fourth-order valence-corrected chi connectivity index (χ4v) is 3.13. The number of fused-ring (bicyclic) bond motifs is 1. The fraction of sp³-hybridized carbons (Fsp3) is 0.0833. The van der Waals surface area contributed by atoms with Crippen LogP contribution in [-0.2, 0) is 0 Å². The van der Waals surface area contributed by atoms with Crippen molar-refractivity contribution >= 4 is 27.8 Å². The predicted octanol–water partition coefficient (Wildman–Crippen LogP) is 4.66. The van der Waals surface area contributed by atoms with Crippen LogP contribution in [0.4, 0.5) is 17.1 Å². The number of hydrogen-bond donors (Lipinski definition) is 4. The van der Waals surface area contributed by atoms with Crippen LogP contribution in [0.2, 0.25) is 0 Å². The molecule has 0 atom stereocenters. The minimum absolute atomic E-state index is 0.241. The van der Waals surface area contributed by atoms with Gasteiger partial charge in [-0.3, -0.25) is 0 Å². The summed E-state index contributed by atoms with van der Waals surface area (Å²) in [5, 5.41) is 11.2. The van der Waals surface area contributed by atoms with E-state index in [9.17, 15) is 5.11 Å². The van der Waals surface area contributed by atoms with Crippen molar-refractivity contribution in [3.8, 4) is 28.4 Å². The van der Waals surface area contributed by atoms with E-state index in [2.05, 4.69) is 0 Å². The van der Waals surface area contributed by atoms with Gasteiger partial charge in [0.1, 0.15) is 17.2 Å². The molecule has 0 aromatic heterocycles. The van der Waals surface area contributed by atoms with E-state index in [0.717, 1.165) is 21.9 Å². The number of methoxy groups -OCH3 is 2. The Labute approximate surface area is 175 Å². The van der Waals surface area contributed by atoms with Gasteiger partial charge in [0, 0.05) is 11.1 Å². The van der Waals surface area contributed by atoms with Gasteiger partial charge in [-0.25, -0.2) is 0 Å². The highest BCUT2D eigenvalue weighted by Gasteiger charge is 2.06. The number of rotatable bonds is 3. The molecule has 6 heteroatoms. The van der Waals surface area contributed by atoms with Crippen molar-refractivity contribution in [2.45, 2.75) is 0 Å². The minimum atomic E-state index is 0.241. The van der Waals surface area contributed by atoms with Crippen molar-refractivity contribution in [3.63, 3.8) is 0 Å². The molecule has 0 saturated carbocycles. The van der Waals surface area contributed by atoms with Gasteiger partial charge in [-0.1, -0.05) is 36.4 Å². The number of nitrogen functional groups attached to an aromatic ring is 3. The molecule has 0 unspecified atom stereocenters. The summed E-state index contributed by atoms with van der Waals surface area (Å²) in [5.41, 5.74) is 21.1. The summed E-state index contributed by atoms with van der Waals surface area (Å²) in [4.78, 5) is 0. The number of aromatic hydroxyl groups is 1. The van der Waals surface area contributed by atoms with Crippen molar-refractivity contribution in [3.05, 3.63) is 72.8 Å². The first-order valence-electron chi connectivity index (χ1n) is 9.28. The first-order valence-corrected chi connectivity index (χ1v) is 9.28. The first kappa shape index (κ1) is 20.7. The highest BCUT2D eigenvalue weighted by Crippen LogP contribution is 2.32. The van der Waals surface area contributed by atoms with E-state index in [1.54, 1.807) is 32.4 Å². The molecule has 6 nitrogen and oxygen atoms in total. The molecule has 0 radical (unpaired) electrons. The number of ether oxygens (including phenoxy) is 2. The summed E-state index contributed by atoms with van der Waals surface area (Å²) in [7, 11) is 3.19. The maximum atomic E-state index is 9.47. The third-order valence-electron chi connectivity index (χ3n) is 4.72. The standard InChI is InChI=1S/C14H16N2O2.C10H9NO/c1-17-13-7-9(3-5-11(13)15)10-4-6-12(16)14(8-10)18-2;11-8-5-1-3-7-4-2-6-9(12)10(7)8/h3-8H,15-16H2,1-2H3;1-6,12H,11H2. The van der Waals surface area contributed by atoms with Crippen molar-refractivity contribution in [1.82, 2.24) is 0 Å². The highest BCUT2D eigenvalue weighted by molar-refractivity contribution is 5.97. The average molecular weight is 403 g/mol. The van der Waals surface area contributed by atoms with E-state index in [1.807, 2.05) is 54.6 Å². The highest BCUT2D eigenvalue weighted by atomic mass is 16.5. The zero-order valence-electron chi connectivity index (χ0n) is 16.9. The van der Waals surface area contributed by atoms with Crippen LogP contribution < -0.4 is 26.7 Å². The molecule has 0 aliphatic heterocycles. The Morgan fingerprint density at radius 2 is 1.13 bits per heavy atom. The number of hydrogen-bond acceptors (Lipinski definition) is 6. The summed E-state index contributed by atoms with van der Waals surface area (Å²) in [6.07, 6.45) is 0. The Hall–Kier alpha value is -4.06. The molecule has 0 heterocycles. The Morgan fingerprint density at radius 1 is 0.633 bits per heavy atom. The van der Waals surface area contributed by atoms with Gasteiger partial charge in [0.15, 0.2) is 0 Å². The Morgan fingerprint density at radius 3 is 1.60 bits per heavy atom. The summed E-state index contributed by atoms with van der Waals surface area (Å²) >= 11 is 0. The summed E-state index contributed by atoms with van der Waals surface area (Å²) < 4.78 is 10.4. The fourth-order valence-electron chi connectivity index (χ4n) is 3.13. The Bertz CT molecular complexity index is 1090. The van der Waals surface area contributed by atoms with Crippen LogP contribution in [0.5, 0.6) is 17.2 Å². The quantitative estimate of drug-likeness (QED) is 0.370. The Balaban J connectivity index is 0.000000184. The molecular weight excluding hydrogens is 378 g/mol. The van der Waals surface area contributed by atoms with Crippen LogP contribution in [0.15, 0.2) is 72.8 Å². The van der Waals surface area contributed by atoms with Gasteiger partial charge < -0.3 is 31.8 Å². The van der Waals surface area contributed by atoms with Crippen molar-refractivity contribution in [1.29, 1.82) is 0 Å². The molecule has 7 N–H and O–H groups in total. The lowest BCUT2D eigenvalue weighted by atomic mass is 10.0. The van der Waals surface area contributed by atoms with E-state index >= 15 is 0 Å². The lowest BCUT2D eigenvalue weighted by Gasteiger charge is -2.10. The molecule has 154 valence electrons. The smallest absolute Gasteiger partial charge is 0.142 e. The van der Waals surface area contributed by atoms with Gasteiger partial charge in [0.05, 0.1) is 25.6 Å². The maximum absolute atomic E-state index is 9.47. The summed E-state index contributed by atoms with van der Waals surface area (Å²) in [6, 6.07) is 22.2. The molecule has 0 spiro atoms. The van der Waals surface area contributed by atoms with Crippen molar-refractivity contribution in [2.24, 2.45) is 0 Å². The van der Waals surface area contributed by atoms with Gasteiger partial charge >= 0.3 is 0 Å². The van der Waals surface area contributed by atoms with Gasteiger partial charge in [0.25, 0.3) is 0 Å². The van der Waals surface area contributed by atoms with Crippen LogP contribution in [0.1, 0.15) is 0 Å². The first-order chi connectivity index (χ1) is 14.4. The van der Waals surface area contributed by atoms with Crippen LogP contribution in [0.25, 0.3) is 21.9 Å². The number of anilines is 3. The summed E-state index contributed by atoms with van der Waals surface area (Å²) in [5.74, 6) is 1.55. The molecule has 0 aliphatic carbocycles. The molecule has 0 aliphatic rings. The van der Waals surface area contributed by atoms with Gasteiger partial charge in [0.2, 0.25) is 0 Å². The monoisotopic (exact) mass is 403 g/mol. The topological polar surface area (TPSA) is 117 Å². The molecule has 0 saturated heterocycles. The van der Waals surface area contributed by atoms with E-state index in [0.29, 0.717) is 28.6 Å². The lowest BCUT2D eigenvalue weighted by Crippen LogP contribution is -1.94. The van der Waals surface area contributed by atoms with Gasteiger partial charge in [-0.15, -0.1) is 0 Å².